The summed E-state index contributed by atoms with van der Waals surface area (Å²) in [5.41, 5.74) is 6.29. The molecule has 0 radical (unpaired) electrons. The van der Waals surface area contributed by atoms with Crippen LogP contribution < -0.4 is 10.6 Å². The fourth-order valence-electron chi connectivity index (χ4n) is 1.87. The monoisotopic (exact) mass is 241 g/mol. The van der Waals surface area contributed by atoms with Crippen LogP contribution in [0.15, 0.2) is 12.3 Å². The van der Waals surface area contributed by atoms with Crippen LogP contribution in [0.4, 0.5) is 11.5 Å². The summed E-state index contributed by atoms with van der Waals surface area (Å²) in [4.78, 5) is 6.51. The van der Waals surface area contributed by atoms with Crippen molar-refractivity contribution in [2.75, 3.05) is 30.4 Å². The molecule has 2 N–H and O–H groups in total. The van der Waals surface area contributed by atoms with Gasteiger partial charge in [-0.3, -0.25) is 0 Å². The minimum absolute atomic E-state index is 0.0640. The highest BCUT2D eigenvalue weighted by atomic mass is 35.5. The van der Waals surface area contributed by atoms with Crippen molar-refractivity contribution in [2.24, 2.45) is 0 Å². The lowest BCUT2D eigenvalue weighted by molar-refractivity contribution is 0.0639. The number of nitrogens with two attached hydrogens (primary N) is 1. The zero-order valence-corrected chi connectivity index (χ0v) is 10.3. The molecule has 1 fully saturated rings. The zero-order chi connectivity index (χ0) is 11.8. The molecule has 0 amide bonds. The van der Waals surface area contributed by atoms with E-state index in [0.717, 1.165) is 12.4 Å². The van der Waals surface area contributed by atoms with Gasteiger partial charge in [0.1, 0.15) is 5.82 Å². The summed E-state index contributed by atoms with van der Waals surface area (Å²) in [5, 5.41) is 0.495. The lowest BCUT2D eigenvalue weighted by atomic mass is 10.0. The summed E-state index contributed by atoms with van der Waals surface area (Å²) >= 11 is 5.86. The standard InChI is InChI=1S/C11H16ClN3O/c1-11(2)7-16-4-3-15(11)10-5-9(13)8(12)6-14-10/h5-6H,3-4,7H2,1-2H3,(H2,13,14). The van der Waals surface area contributed by atoms with Crippen LogP contribution in [0.2, 0.25) is 5.02 Å². The Morgan fingerprint density at radius 1 is 1.56 bits per heavy atom. The van der Waals surface area contributed by atoms with E-state index in [4.69, 9.17) is 22.1 Å². The van der Waals surface area contributed by atoms with E-state index in [2.05, 4.69) is 23.7 Å². The van der Waals surface area contributed by atoms with Gasteiger partial charge in [-0.25, -0.2) is 4.98 Å². The van der Waals surface area contributed by atoms with E-state index in [1.54, 1.807) is 6.20 Å². The molecule has 1 aromatic heterocycles. The van der Waals surface area contributed by atoms with Crippen molar-refractivity contribution >= 4 is 23.1 Å². The Kier molecular flexibility index (Phi) is 2.95. The van der Waals surface area contributed by atoms with E-state index >= 15 is 0 Å². The van der Waals surface area contributed by atoms with Crippen molar-refractivity contribution in [3.05, 3.63) is 17.3 Å². The fraction of sp³-hybridized carbons (Fsp3) is 0.545. The number of nitrogen functional groups attached to an aromatic ring is 1. The van der Waals surface area contributed by atoms with E-state index in [9.17, 15) is 0 Å². The van der Waals surface area contributed by atoms with Crippen molar-refractivity contribution in [1.29, 1.82) is 0 Å². The minimum atomic E-state index is -0.0640. The van der Waals surface area contributed by atoms with Gasteiger partial charge in [-0.2, -0.15) is 0 Å². The fourth-order valence-corrected chi connectivity index (χ4v) is 1.98. The Hall–Kier alpha value is -1.00. The number of ether oxygens (including phenoxy) is 1. The SMILES string of the molecule is CC1(C)COCCN1c1cc(N)c(Cl)cn1. The largest absolute Gasteiger partial charge is 0.397 e. The first-order valence-corrected chi connectivity index (χ1v) is 5.65. The van der Waals surface area contributed by atoms with Gasteiger partial charge in [0.25, 0.3) is 0 Å². The second kappa shape index (κ2) is 4.11. The number of rotatable bonds is 1. The molecule has 0 saturated carbocycles. The van der Waals surface area contributed by atoms with Crippen LogP contribution in [0.1, 0.15) is 13.8 Å². The Morgan fingerprint density at radius 3 is 2.94 bits per heavy atom. The van der Waals surface area contributed by atoms with Crippen molar-refractivity contribution < 1.29 is 4.74 Å². The molecule has 88 valence electrons. The molecule has 4 nitrogen and oxygen atoms in total. The maximum atomic E-state index is 5.86. The number of aromatic nitrogens is 1. The van der Waals surface area contributed by atoms with Crippen LogP contribution >= 0.6 is 11.6 Å². The maximum absolute atomic E-state index is 5.86. The number of anilines is 2. The molecule has 5 heteroatoms. The quantitative estimate of drug-likeness (QED) is 0.816. The second-order valence-corrected chi connectivity index (χ2v) is 4.99. The van der Waals surface area contributed by atoms with Crippen LogP contribution in [0.5, 0.6) is 0 Å². The summed E-state index contributed by atoms with van der Waals surface area (Å²) < 4.78 is 5.46. The van der Waals surface area contributed by atoms with Gasteiger partial charge in [-0.15, -0.1) is 0 Å². The smallest absolute Gasteiger partial charge is 0.131 e. The van der Waals surface area contributed by atoms with Crippen molar-refractivity contribution in [3.8, 4) is 0 Å². The Balaban J connectivity index is 2.31. The number of nitrogens with zero attached hydrogens (tertiary/aromatic N) is 2. The molecule has 1 aliphatic rings. The summed E-state index contributed by atoms with van der Waals surface area (Å²) in [5.74, 6) is 0.857. The van der Waals surface area contributed by atoms with Gasteiger partial charge >= 0.3 is 0 Å². The maximum Gasteiger partial charge on any atom is 0.131 e. The van der Waals surface area contributed by atoms with Crippen LogP contribution in [0.25, 0.3) is 0 Å². The minimum Gasteiger partial charge on any atom is -0.397 e. The molecule has 2 rings (SSSR count). The van der Waals surface area contributed by atoms with Gasteiger partial charge in [0.15, 0.2) is 0 Å². The van der Waals surface area contributed by atoms with E-state index in [1.165, 1.54) is 0 Å². The number of hydrogen-bond donors (Lipinski definition) is 1. The van der Waals surface area contributed by atoms with Gasteiger partial charge < -0.3 is 15.4 Å². The highest BCUT2D eigenvalue weighted by molar-refractivity contribution is 6.32. The van der Waals surface area contributed by atoms with E-state index < -0.39 is 0 Å². The van der Waals surface area contributed by atoms with Crippen molar-refractivity contribution in [3.63, 3.8) is 0 Å². The number of halogens is 1. The van der Waals surface area contributed by atoms with Crippen molar-refractivity contribution in [1.82, 2.24) is 4.98 Å². The zero-order valence-electron chi connectivity index (χ0n) is 9.53. The third-order valence-corrected chi connectivity index (χ3v) is 3.11. The Bertz CT molecular complexity index is 395. The molecular weight excluding hydrogens is 226 g/mol. The lowest BCUT2D eigenvalue weighted by Gasteiger charge is -2.43. The molecule has 1 saturated heterocycles. The van der Waals surface area contributed by atoms with Crippen molar-refractivity contribution in [2.45, 2.75) is 19.4 Å². The predicted octanol–water partition coefficient (Wildman–Crippen LogP) is 1.93. The molecule has 0 aliphatic carbocycles. The molecule has 0 atom stereocenters. The molecular formula is C11H16ClN3O. The first-order valence-electron chi connectivity index (χ1n) is 5.27. The van der Waals surface area contributed by atoms with Gasteiger partial charge in [0, 0.05) is 18.8 Å². The predicted molar refractivity (Wildman–Crippen MR) is 65.9 cm³/mol. The third kappa shape index (κ3) is 2.08. The summed E-state index contributed by atoms with van der Waals surface area (Å²) in [6, 6.07) is 1.81. The molecule has 0 bridgehead atoms. The molecule has 16 heavy (non-hydrogen) atoms. The molecule has 1 aromatic rings. The Labute approximate surface area is 100 Å². The summed E-state index contributed by atoms with van der Waals surface area (Å²) in [6.45, 7) is 6.48. The van der Waals surface area contributed by atoms with E-state index in [-0.39, 0.29) is 5.54 Å². The lowest BCUT2D eigenvalue weighted by Crippen LogP contribution is -2.53. The number of morpholine rings is 1. The number of hydrogen-bond acceptors (Lipinski definition) is 4. The molecule has 0 spiro atoms. The molecule has 0 unspecified atom stereocenters. The van der Waals surface area contributed by atoms with Gasteiger partial charge in [0.2, 0.25) is 0 Å². The highest BCUT2D eigenvalue weighted by Gasteiger charge is 2.31. The molecule has 2 heterocycles. The number of pyridine rings is 1. The molecule has 1 aliphatic heterocycles. The first kappa shape index (κ1) is 11.5. The van der Waals surface area contributed by atoms with Gasteiger partial charge in [-0.05, 0) is 13.8 Å². The van der Waals surface area contributed by atoms with Crippen LogP contribution in [-0.2, 0) is 4.74 Å². The average molecular weight is 242 g/mol. The third-order valence-electron chi connectivity index (χ3n) is 2.79. The van der Waals surface area contributed by atoms with Gasteiger partial charge in [0.05, 0.1) is 29.5 Å². The summed E-state index contributed by atoms with van der Waals surface area (Å²) in [6.07, 6.45) is 1.60. The molecule has 0 aromatic carbocycles. The highest BCUT2D eigenvalue weighted by Crippen LogP contribution is 2.28. The second-order valence-electron chi connectivity index (χ2n) is 4.58. The normalized spacial score (nSPS) is 19.8. The summed E-state index contributed by atoms with van der Waals surface area (Å²) in [7, 11) is 0. The topological polar surface area (TPSA) is 51.4 Å². The Morgan fingerprint density at radius 2 is 2.31 bits per heavy atom. The van der Waals surface area contributed by atoms with Gasteiger partial charge in [-0.1, -0.05) is 11.6 Å². The van der Waals surface area contributed by atoms with Crippen LogP contribution in [-0.4, -0.2) is 30.3 Å². The van der Waals surface area contributed by atoms with Crippen LogP contribution in [0.3, 0.4) is 0 Å². The van der Waals surface area contributed by atoms with Crippen LogP contribution in [0, 0.1) is 0 Å². The van der Waals surface area contributed by atoms with E-state index in [1.807, 2.05) is 6.07 Å². The average Bonchev–Trinajstić information content (AvgIpc) is 2.22. The van der Waals surface area contributed by atoms with E-state index in [0.29, 0.717) is 23.9 Å². The first-order chi connectivity index (χ1) is 7.50.